The van der Waals surface area contributed by atoms with Crippen molar-refractivity contribution in [3.8, 4) is 11.5 Å². The Labute approximate surface area is 121 Å². The second kappa shape index (κ2) is 5.54. The number of anilines is 1. The summed E-state index contributed by atoms with van der Waals surface area (Å²) in [7, 11) is 0. The van der Waals surface area contributed by atoms with Gasteiger partial charge in [0.05, 0.1) is 6.54 Å². The Hall–Kier alpha value is -2.01. The maximum Gasteiger partial charge on any atom is 0.161 e. The van der Waals surface area contributed by atoms with Crippen LogP contribution in [0.2, 0.25) is 5.15 Å². The summed E-state index contributed by atoms with van der Waals surface area (Å²) in [6.07, 6.45) is -0.0704. The number of nitrogens with one attached hydrogen (secondary N) is 1. The van der Waals surface area contributed by atoms with Crippen LogP contribution in [0.5, 0.6) is 11.5 Å². The number of aromatic nitrogens is 2. The van der Waals surface area contributed by atoms with E-state index >= 15 is 0 Å². The zero-order chi connectivity index (χ0) is 13.9. The molecule has 0 aliphatic carbocycles. The summed E-state index contributed by atoms with van der Waals surface area (Å²) in [6.45, 7) is 2.89. The molecule has 0 spiro atoms. The third-order valence-electron chi connectivity index (χ3n) is 2.89. The number of rotatable bonds is 3. The van der Waals surface area contributed by atoms with Gasteiger partial charge in [-0.25, -0.2) is 9.97 Å². The van der Waals surface area contributed by atoms with Crippen LogP contribution in [0.25, 0.3) is 0 Å². The molecule has 0 radical (unpaired) electrons. The van der Waals surface area contributed by atoms with Crippen molar-refractivity contribution in [2.75, 3.05) is 18.5 Å². The largest absolute Gasteiger partial charge is 0.486 e. The Bertz CT molecular complexity index is 601. The molecule has 1 aliphatic heterocycles. The van der Waals surface area contributed by atoms with E-state index < -0.39 is 0 Å². The van der Waals surface area contributed by atoms with Crippen molar-refractivity contribution in [1.29, 1.82) is 0 Å². The van der Waals surface area contributed by atoms with Crippen LogP contribution in [0.15, 0.2) is 30.3 Å². The van der Waals surface area contributed by atoms with Crippen LogP contribution in [0, 0.1) is 6.92 Å². The van der Waals surface area contributed by atoms with Gasteiger partial charge in [0, 0.05) is 6.07 Å². The molecule has 1 aromatic heterocycles. The number of nitrogens with zero attached hydrogens (tertiary/aromatic N) is 2. The van der Waals surface area contributed by atoms with Crippen LogP contribution in [-0.2, 0) is 0 Å². The number of ether oxygens (including phenoxy) is 2. The Morgan fingerprint density at radius 1 is 1.30 bits per heavy atom. The van der Waals surface area contributed by atoms with Gasteiger partial charge < -0.3 is 14.8 Å². The summed E-state index contributed by atoms with van der Waals surface area (Å²) in [6, 6.07) is 9.32. The van der Waals surface area contributed by atoms with Crippen LogP contribution >= 0.6 is 11.6 Å². The molecule has 0 saturated heterocycles. The van der Waals surface area contributed by atoms with E-state index in [-0.39, 0.29) is 6.10 Å². The second-order valence-corrected chi connectivity index (χ2v) is 4.89. The third-order valence-corrected chi connectivity index (χ3v) is 3.08. The molecular weight excluding hydrogens is 278 g/mol. The van der Waals surface area contributed by atoms with Crippen LogP contribution in [0.1, 0.15) is 5.82 Å². The molecule has 0 bridgehead atoms. The number of halogens is 1. The minimum absolute atomic E-state index is 0.0704. The van der Waals surface area contributed by atoms with Gasteiger partial charge in [-0.15, -0.1) is 0 Å². The van der Waals surface area contributed by atoms with Crippen LogP contribution in [-0.4, -0.2) is 29.2 Å². The summed E-state index contributed by atoms with van der Waals surface area (Å²) in [5.74, 6) is 2.86. The van der Waals surface area contributed by atoms with E-state index in [2.05, 4.69) is 15.3 Å². The molecule has 0 saturated carbocycles. The lowest BCUT2D eigenvalue weighted by molar-refractivity contribution is 0.0997. The van der Waals surface area contributed by atoms with Gasteiger partial charge in [-0.05, 0) is 19.1 Å². The Balaban J connectivity index is 1.62. The van der Waals surface area contributed by atoms with E-state index in [4.69, 9.17) is 21.1 Å². The molecule has 0 fully saturated rings. The fraction of sp³-hybridized carbons (Fsp3) is 0.286. The summed E-state index contributed by atoms with van der Waals surface area (Å²) < 4.78 is 11.5. The van der Waals surface area contributed by atoms with Crippen LogP contribution < -0.4 is 14.8 Å². The average molecular weight is 292 g/mol. The molecule has 6 heteroatoms. The molecule has 2 heterocycles. The lowest BCUT2D eigenvalue weighted by atomic mass is 10.2. The number of benzene rings is 1. The average Bonchev–Trinajstić information content (AvgIpc) is 2.44. The zero-order valence-corrected chi connectivity index (χ0v) is 11.7. The SMILES string of the molecule is Cc1nc(Cl)cc(NC[C@H]2COc3ccccc3O2)n1. The van der Waals surface area contributed by atoms with Gasteiger partial charge in [-0.3, -0.25) is 0 Å². The fourth-order valence-corrected chi connectivity index (χ4v) is 2.23. The quantitative estimate of drug-likeness (QED) is 0.881. The molecule has 1 N–H and O–H groups in total. The topological polar surface area (TPSA) is 56.3 Å². The minimum atomic E-state index is -0.0704. The normalized spacial score (nSPS) is 16.8. The molecule has 104 valence electrons. The smallest absolute Gasteiger partial charge is 0.161 e. The molecular formula is C14H14ClN3O2. The number of para-hydroxylation sites is 2. The molecule has 1 aromatic carbocycles. The summed E-state index contributed by atoms with van der Waals surface area (Å²) >= 11 is 5.89. The highest BCUT2D eigenvalue weighted by molar-refractivity contribution is 6.29. The highest BCUT2D eigenvalue weighted by Crippen LogP contribution is 2.30. The number of fused-ring (bicyclic) bond motifs is 1. The number of hydrogen-bond donors (Lipinski definition) is 1. The maximum absolute atomic E-state index is 5.89. The standard InChI is InChI=1S/C14H14ClN3O2/c1-9-17-13(15)6-14(18-9)16-7-10-8-19-11-4-2-3-5-12(11)20-10/h2-6,10H,7-8H2,1H3,(H,16,17,18)/t10-/m0/s1. The van der Waals surface area contributed by atoms with Crippen molar-refractivity contribution in [3.63, 3.8) is 0 Å². The van der Waals surface area contributed by atoms with Crippen LogP contribution in [0.3, 0.4) is 0 Å². The van der Waals surface area contributed by atoms with Crippen molar-refractivity contribution >= 4 is 17.4 Å². The van der Waals surface area contributed by atoms with Crippen molar-refractivity contribution in [2.24, 2.45) is 0 Å². The van der Waals surface area contributed by atoms with E-state index in [1.807, 2.05) is 24.3 Å². The first-order valence-corrected chi connectivity index (χ1v) is 6.72. The van der Waals surface area contributed by atoms with E-state index in [0.29, 0.717) is 29.9 Å². The molecule has 1 atom stereocenters. The predicted molar refractivity (Wildman–Crippen MR) is 76.6 cm³/mol. The van der Waals surface area contributed by atoms with E-state index in [0.717, 1.165) is 11.5 Å². The Morgan fingerprint density at radius 2 is 2.10 bits per heavy atom. The van der Waals surface area contributed by atoms with Crippen molar-refractivity contribution in [2.45, 2.75) is 13.0 Å². The first kappa shape index (κ1) is 13.0. The van der Waals surface area contributed by atoms with Gasteiger partial charge in [0.15, 0.2) is 11.5 Å². The van der Waals surface area contributed by atoms with Gasteiger partial charge in [0.2, 0.25) is 0 Å². The number of hydrogen-bond acceptors (Lipinski definition) is 5. The van der Waals surface area contributed by atoms with Crippen molar-refractivity contribution in [1.82, 2.24) is 9.97 Å². The molecule has 0 unspecified atom stereocenters. The summed E-state index contributed by atoms with van der Waals surface area (Å²) in [4.78, 5) is 8.28. The monoisotopic (exact) mass is 291 g/mol. The van der Waals surface area contributed by atoms with Gasteiger partial charge >= 0.3 is 0 Å². The van der Waals surface area contributed by atoms with Gasteiger partial charge in [-0.2, -0.15) is 0 Å². The minimum Gasteiger partial charge on any atom is -0.486 e. The maximum atomic E-state index is 5.89. The summed E-state index contributed by atoms with van der Waals surface area (Å²) in [5.41, 5.74) is 0. The second-order valence-electron chi connectivity index (χ2n) is 4.50. The zero-order valence-electron chi connectivity index (χ0n) is 11.0. The molecule has 3 rings (SSSR count). The summed E-state index contributed by atoms with van der Waals surface area (Å²) in [5, 5.41) is 3.61. The van der Waals surface area contributed by atoms with Crippen LogP contribution in [0.4, 0.5) is 5.82 Å². The molecule has 2 aromatic rings. The van der Waals surface area contributed by atoms with Crippen molar-refractivity contribution < 1.29 is 9.47 Å². The first-order chi connectivity index (χ1) is 9.70. The highest BCUT2D eigenvalue weighted by atomic mass is 35.5. The molecule has 20 heavy (non-hydrogen) atoms. The number of aryl methyl sites for hydroxylation is 1. The Kier molecular flexibility index (Phi) is 3.60. The lowest BCUT2D eigenvalue weighted by Crippen LogP contribution is -2.35. The Morgan fingerprint density at radius 3 is 2.90 bits per heavy atom. The van der Waals surface area contributed by atoms with E-state index in [9.17, 15) is 0 Å². The van der Waals surface area contributed by atoms with E-state index in [1.54, 1.807) is 13.0 Å². The van der Waals surface area contributed by atoms with Gasteiger partial charge in [-0.1, -0.05) is 23.7 Å². The van der Waals surface area contributed by atoms with Gasteiger partial charge in [0.25, 0.3) is 0 Å². The fourth-order valence-electron chi connectivity index (χ4n) is 2.00. The first-order valence-electron chi connectivity index (χ1n) is 6.34. The molecule has 0 amide bonds. The van der Waals surface area contributed by atoms with Gasteiger partial charge in [0.1, 0.15) is 29.5 Å². The molecule has 1 aliphatic rings. The lowest BCUT2D eigenvalue weighted by Gasteiger charge is -2.26. The predicted octanol–water partition coefficient (Wildman–Crippen LogP) is 2.69. The highest BCUT2D eigenvalue weighted by Gasteiger charge is 2.20. The van der Waals surface area contributed by atoms with Crippen molar-refractivity contribution in [3.05, 3.63) is 41.3 Å². The van der Waals surface area contributed by atoms with E-state index in [1.165, 1.54) is 0 Å². The third kappa shape index (κ3) is 2.93. The molecule has 5 nitrogen and oxygen atoms in total.